The summed E-state index contributed by atoms with van der Waals surface area (Å²) in [6, 6.07) is 73.3. The van der Waals surface area contributed by atoms with Crippen LogP contribution in [0.15, 0.2) is 200 Å². The van der Waals surface area contributed by atoms with E-state index in [1.807, 2.05) is 0 Å². The van der Waals surface area contributed by atoms with Crippen molar-refractivity contribution in [2.24, 2.45) is 0 Å². The highest BCUT2D eigenvalue weighted by atomic mass is 15.2. The third-order valence-corrected chi connectivity index (χ3v) is 11.4. The highest BCUT2D eigenvalue weighted by Gasteiger charge is 2.18. The van der Waals surface area contributed by atoms with Crippen molar-refractivity contribution in [2.75, 3.05) is 14.7 Å². The smallest absolute Gasteiger partial charge is 0.0463 e. The lowest BCUT2D eigenvalue weighted by Crippen LogP contribution is -2.13. The van der Waals surface area contributed by atoms with Gasteiger partial charge in [-0.2, -0.15) is 0 Å². The van der Waals surface area contributed by atoms with E-state index >= 15 is 0 Å². The molecule has 0 atom stereocenters. The van der Waals surface area contributed by atoms with Crippen molar-refractivity contribution in [1.82, 2.24) is 0 Å². The Labute approximate surface area is 351 Å². The first-order valence-electron chi connectivity index (χ1n) is 21.2. The van der Waals surface area contributed by atoms with Crippen molar-refractivity contribution >= 4 is 51.2 Å². The van der Waals surface area contributed by atoms with Crippen LogP contribution in [-0.2, 0) is 25.7 Å². The van der Waals surface area contributed by atoms with E-state index in [-0.39, 0.29) is 0 Å². The normalized spacial score (nSPS) is 11.0. The molecule has 0 aliphatic rings. The van der Waals surface area contributed by atoms with E-state index in [1.165, 1.54) is 33.4 Å². The summed E-state index contributed by atoms with van der Waals surface area (Å²) >= 11 is 0. The Balaban J connectivity index is 1.19. The van der Waals surface area contributed by atoms with Gasteiger partial charge < -0.3 is 14.7 Å². The molecule has 0 aromatic heterocycles. The summed E-state index contributed by atoms with van der Waals surface area (Å²) in [5.41, 5.74) is 17.8. The molecule has 0 amide bonds. The molecule has 8 aromatic carbocycles. The molecule has 3 heteroatoms. The Hall–Kier alpha value is -6.84. The molecule has 0 bridgehead atoms. The fourth-order valence-corrected chi connectivity index (χ4v) is 7.80. The maximum Gasteiger partial charge on any atom is 0.0463 e. The van der Waals surface area contributed by atoms with Crippen LogP contribution in [0.25, 0.3) is 11.1 Å². The van der Waals surface area contributed by atoms with E-state index in [1.54, 1.807) is 0 Å². The van der Waals surface area contributed by atoms with Crippen molar-refractivity contribution in [1.29, 1.82) is 0 Å². The Bertz CT molecular complexity index is 2290. The molecule has 0 aliphatic heterocycles. The van der Waals surface area contributed by atoms with E-state index < -0.39 is 0 Å². The highest BCUT2D eigenvalue weighted by molar-refractivity contribution is 5.84. The molecule has 0 heterocycles. The number of benzene rings is 8. The zero-order chi connectivity index (χ0) is 40.6. The van der Waals surface area contributed by atoms with Gasteiger partial charge in [0.2, 0.25) is 0 Å². The number of aryl methyl sites for hydroxylation is 4. The van der Waals surface area contributed by atoms with Gasteiger partial charge in [0.15, 0.2) is 0 Å². The topological polar surface area (TPSA) is 9.72 Å². The van der Waals surface area contributed by atoms with Gasteiger partial charge in [-0.05, 0) is 168 Å². The van der Waals surface area contributed by atoms with Crippen LogP contribution in [0.3, 0.4) is 0 Å². The summed E-state index contributed by atoms with van der Waals surface area (Å²) in [5.74, 6) is 0. The second-order valence-corrected chi connectivity index (χ2v) is 15.0. The minimum atomic E-state index is 1.01. The Kier molecular flexibility index (Phi) is 12.0. The van der Waals surface area contributed by atoms with Crippen LogP contribution in [0, 0.1) is 0 Å². The number of hydrogen-bond donors (Lipinski definition) is 0. The van der Waals surface area contributed by atoms with Crippen molar-refractivity contribution < 1.29 is 0 Å². The molecule has 0 spiro atoms. The van der Waals surface area contributed by atoms with Crippen LogP contribution in [0.4, 0.5) is 51.2 Å². The van der Waals surface area contributed by atoms with Crippen LogP contribution in [-0.4, -0.2) is 0 Å². The maximum absolute atomic E-state index is 2.36. The van der Waals surface area contributed by atoms with Gasteiger partial charge in [-0.15, -0.1) is 0 Å². The monoisotopic (exact) mass is 767 g/mol. The predicted octanol–water partition coefficient (Wildman–Crippen LogP) is 16.0. The Morgan fingerprint density at radius 2 is 0.407 bits per heavy atom. The molecule has 8 aromatic rings. The van der Waals surface area contributed by atoms with Gasteiger partial charge in [-0.25, -0.2) is 0 Å². The van der Waals surface area contributed by atoms with Crippen LogP contribution in [0.1, 0.15) is 49.9 Å². The first-order valence-corrected chi connectivity index (χ1v) is 21.2. The fourth-order valence-electron chi connectivity index (χ4n) is 7.80. The highest BCUT2D eigenvalue weighted by Crippen LogP contribution is 2.42. The molecule has 8 rings (SSSR count). The van der Waals surface area contributed by atoms with Gasteiger partial charge in [0, 0.05) is 51.2 Å². The third-order valence-electron chi connectivity index (χ3n) is 11.4. The average Bonchev–Trinajstić information content (AvgIpc) is 3.31. The van der Waals surface area contributed by atoms with E-state index in [9.17, 15) is 0 Å². The van der Waals surface area contributed by atoms with Crippen LogP contribution >= 0.6 is 0 Å². The summed E-state index contributed by atoms with van der Waals surface area (Å²) in [6.45, 7) is 8.82. The summed E-state index contributed by atoms with van der Waals surface area (Å²) in [4.78, 5) is 7.06. The largest absolute Gasteiger partial charge is 0.311 e. The number of nitrogens with zero attached hydrogens (tertiary/aromatic N) is 3. The summed E-state index contributed by atoms with van der Waals surface area (Å²) in [5, 5.41) is 0. The fraction of sp³-hybridized carbons (Fsp3) is 0.143. The lowest BCUT2D eigenvalue weighted by atomic mass is 10.0. The second-order valence-electron chi connectivity index (χ2n) is 15.0. The zero-order valence-electron chi connectivity index (χ0n) is 34.7. The summed E-state index contributed by atoms with van der Waals surface area (Å²) in [6.07, 6.45) is 4.05. The molecular weight excluding hydrogens is 715 g/mol. The van der Waals surface area contributed by atoms with Gasteiger partial charge >= 0.3 is 0 Å². The van der Waals surface area contributed by atoms with Crippen molar-refractivity contribution in [3.8, 4) is 11.1 Å². The lowest BCUT2D eigenvalue weighted by Gasteiger charge is -2.30. The summed E-state index contributed by atoms with van der Waals surface area (Å²) < 4.78 is 0. The van der Waals surface area contributed by atoms with E-state index in [0.29, 0.717) is 0 Å². The van der Waals surface area contributed by atoms with Gasteiger partial charge in [-0.3, -0.25) is 0 Å². The molecular formula is C56H53N3. The molecule has 0 radical (unpaired) electrons. The first-order chi connectivity index (χ1) is 29.0. The number of anilines is 9. The van der Waals surface area contributed by atoms with Crippen molar-refractivity contribution in [3.05, 3.63) is 222 Å². The molecule has 59 heavy (non-hydrogen) atoms. The summed E-state index contributed by atoms with van der Waals surface area (Å²) in [7, 11) is 0. The molecule has 292 valence electrons. The minimum absolute atomic E-state index is 1.01. The van der Waals surface area contributed by atoms with Crippen molar-refractivity contribution in [3.63, 3.8) is 0 Å². The predicted molar refractivity (Wildman–Crippen MR) is 253 cm³/mol. The zero-order valence-corrected chi connectivity index (χ0v) is 34.7. The van der Waals surface area contributed by atoms with Gasteiger partial charge in [0.25, 0.3) is 0 Å². The SMILES string of the molecule is CCc1ccc(N(c2ccc(CC)cc2)c2ccc(N(c3ccc(-c4ccccc4)cc3)c3ccc(N(c4ccc(CC)cc4)c4ccc(CC)cc4)cc3)cc2)cc1. The van der Waals surface area contributed by atoms with Crippen LogP contribution < -0.4 is 14.7 Å². The van der Waals surface area contributed by atoms with E-state index in [0.717, 1.165) is 76.9 Å². The van der Waals surface area contributed by atoms with Crippen LogP contribution in [0.2, 0.25) is 0 Å². The first kappa shape index (κ1) is 39.0. The molecule has 0 saturated heterocycles. The number of rotatable bonds is 14. The quantitative estimate of drug-likeness (QED) is 0.109. The second kappa shape index (κ2) is 18.2. The Morgan fingerprint density at radius 3 is 0.627 bits per heavy atom. The molecule has 0 saturated carbocycles. The number of hydrogen-bond acceptors (Lipinski definition) is 3. The third kappa shape index (κ3) is 8.71. The molecule has 0 fully saturated rings. The molecule has 3 nitrogen and oxygen atoms in total. The van der Waals surface area contributed by atoms with Crippen molar-refractivity contribution in [2.45, 2.75) is 53.4 Å². The van der Waals surface area contributed by atoms with Gasteiger partial charge in [-0.1, -0.05) is 119 Å². The van der Waals surface area contributed by atoms with Gasteiger partial charge in [0.05, 0.1) is 0 Å². The molecule has 0 unspecified atom stereocenters. The van der Waals surface area contributed by atoms with Gasteiger partial charge in [0.1, 0.15) is 0 Å². The van der Waals surface area contributed by atoms with E-state index in [2.05, 4.69) is 243 Å². The van der Waals surface area contributed by atoms with Crippen LogP contribution in [0.5, 0.6) is 0 Å². The molecule has 0 aliphatic carbocycles. The average molecular weight is 768 g/mol. The minimum Gasteiger partial charge on any atom is -0.311 e. The Morgan fingerprint density at radius 1 is 0.220 bits per heavy atom. The lowest BCUT2D eigenvalue weighted by molar-refractivity contribution is 1.13. The van der Waals surface area contributed by atoms with E-state index in [4.69, 9.17) is 0 Å². The molecule has 0 N–H and O–H groups in total. The maximum atomic E-state index is 2.36. The standard InChI is InChI=1S/C56H53N3/c1-5-42-14-24-48(25-15-42)57(49-26-16-43(6-2)17-27-49)53-34-38-55(39-35-53)59(52-32-22-47(23-33-52)46-12-10-9-11-13-46)56-40-36-54(37-41-56)58(50-28-18-44(7-3)19-29-50)51-30-20-45(8-4)21-31-51/h9-41H,5-8H2,1-4H3.